The van der Waals surface area contributed by atoms with Crippen LogP contribution in [0, 0.1) is 11.8 Å². The van der Waals surface area contributed by atoms with Gasteiger partial charge in [-0.3, -0.25) is 14.5 Å². The van der Waals surface area contributed by atoms with Gasteiger partial charge in [0.25, 0.3) is 5.91 Å². The molecule has 2 aliphatic heterocycles. The zero-order chi connectivity index (χ0) is 21.2. The Kier molecular flexibility index (Phi) is 7.05. The maximum atomic E-state index is 13.0. The Labute approximate surface area is 183 Å². The first kappa shape index (κ1) is 22.3. The van der Waals surface area contributed by atoms with Gasteiger partial charge in [0, 0.05) is 41.8 Å². The fourth-order valence-electron chi connectivity index (χ4n) is 4.73. The Balaban J connectivity index is 1.60. The van der Waals surface area contributed by atoms with Crippen LogP contribution < -0.4 is 5.32 Å². The fraction of sp³-hybridized carbons (Fsp3) is 0.652. The van der Waals surface area contributed by atoms with Crippen molar-refractivity contribution in [1.29, 1.82) is 0 Å². The van der Waals surface area contributed by atoms with Gasteiger partial charge in [0.15, 0.2) is 0 Å². The summed E-state index contributed by atoms with van der Waals surface area (Å²) >= 11 is 3.40. The standard InChI is InChI=1S/C23H34BrN3O2/c1-16-12-17(2)14-26(13-16)23(3,4)15-25-21(28)20-6-5-11-27(20)22(29)18-7-9-19(24)10-8-18/h7-10,16-17,20H,5-6,11-15H2,1-4H3,(H,25,28). The highest BCUT2D eigenvalue weighted by molar-refractivity contribution is 9.10. The molecule has 0 radical (unpaired) electrons. The molecular formula is C23H34BrN3O2. The van der Waals surface area contributed by atoms with E-state index in [2.05, 4.69) is 53.8 Å². The number of amides is 2. The van der Waals surface area contributed by atoms with Crippen molar-refractivity contribution >= 4 is 27.7 Å². The number of carbonyl (C=O) groups excluding carboxylic acids is 2. The topological polar surface area (TPSA) is 52.7 Å². The molecule has 29 heavy (non-hydrogen) atoms. The summed E-state index contributed by atoms with van der Waals surface area (Å²) < 4.78 is 0.938. The van der Waals surface area contributed by atoms with Crippen LogP contribution in [0.1, 0.15) is 57.3 Å². The summed E-state index contributed by atoms with van der Waals surface area (Å²) in [5.74, 6) is 1.28. The van der Waals surface area contributed by atoms with Crippen LogP contribution in [0.3, 0.4) is 0 Å². The number of nitrogens with zero attached hydrogens (tertiary/aromatic N) is 2. The Bertz CT molecular complexity index is 724. The third kappa shape index (κ3) is 5.40. The van der Waals surface area contributed by atoms with Gasteiger partial charge in [-0.05, 0) is 69.2 Å². The minimum atomic E-state index is -0.374. The van der Waals surface area contributed by atoms with Gasteiger partial charge in [-0.25, -0.2) is 0 Å². The molecule has 3 unspecified atom stereocenters. The van der Waals surface area contributed by atoms with Crippen LogP contribution in [0.25, 0.3) is 0 Å². The molecule has 2 saturated heterocycles. The molecule has 1 aromatic rings. The Morgan fingerprint density at radius 2 is 1.76 bits per heavy atom. The highest BCUT2D eigenvalue weighted by Gasteiger charge is 2.37. The number of hydrogen-bond donors (Lipinski definition) is 1. The number of likely N-dealkylation sites (tertiary alicyclic amines) is 2. The second-order valence-electron chi connectivity index (χ2n) is 9.54. The summed E-state index contributed by atoms with van der Waals surface area (Å²) in [6.07, 6.45) is 2.87. The highest BCUT2D eigenvalue weighted by atomic mass is 79.9. The van der Waals surface area contributed by atoms with E-state index in [-0.39, 0.29) is 23.4 Å². The van der Waals surface area contributed by atoms with Crippen molar-refractivity contribution < 1.29 is 9.59 Å². The quantitative estimate of drug-likeness (QED) is 0.719. The molecule has 2 heterocycles. The summed E-state index contributed by atoms with van der Waals surface area (Å²) in [5.41, 5.74) is 0.530. The van der Waals surface area contributed by atoms with E-state index in [1.165, 1.54) is 6.42 Å². The predicted molar refractivity (Wildman–Crippen MR) is 120 cm³/mol. The van der Waals surface area contributed by atoms with E-state index in [4.69, 9.17) is 0 Å². The van der Waals surface area contributed by atoms with Crippen molar-refractivity contribution in [3.8, 4) is 0 Å². The van der Waals surface area contributed by atoms with E-state index in [9.17, 15) is 9.59 Å². The summed E-state index contributed by atoms with van der Waals surface area (Å²) in [5, 5.41) is 3.16. The molecule has 3 rings (SSSR count). The van der Waals surface area contributed by atoms with Crippen LogP contribution in [0.15, 0.2) is 28.7 Å². The van der Waals surface area contributed by atoms with Gasteiger partial charge in [-0.15, -0.1) is 0 Å². The first-order valence-corrected chi connectivity index (χ1v) is 11.6. The van der Waals surface area contributed by atoms with Crippen LogP contribution in [-0.4, -0.2) is 59.4 Å². The molecule has 0 aliphatic carbocycles. The Morgan fingerprint density at radius 1 is 1.14 bits per heavy atom. The zero-order valence-electron chi connectivity index (χ0n) is 18.1. The van der Waals surface area contributed by atoms with E-state index in [0.29, 0.717) is 30.5 Å². The molecule has 6 heteroatoms. The monoisotopic (exact) mass is 463 g/mol. The summed E-state index contributed by atoms with van der Waals surface area (Å²) in [6, 6.07) is 6.97. The molecular weight excluding hydrogens is 430 g/mol. The summed E-state index contributed by atoms with van der Waals surface area (Å²) in [4.78, 5) is 30.1. The molecule has 1 aromatic carbocycles. The summed E-state index contributed by atoms with van der Waals surface area (Å²) in [6.45, 7) is 12.4. The van der Waals surface area contributed by atoms with Crippen molar-refractivity contribution in [3.63, 3.8) is 0 Å². The molecule has 160 valence electrons. The normalized spacial score (nSPS) is 25.8. The summed E-state index contributed by atoms with van der Waals surface area (Å²) in [7, 11) is 0. The van der Waals surface area contributed by atoms with Gasteiger partial charge >= 0.3 is 0 Å². The molecule has 0 aromatic heterocycles. The average Bonchev–Trinajstić information content (AvgIpc) is 3.15. The van der Waals surface area contributed by atoms with Gasteiger partial charge < -0.3 is 10.2 Å². The molecule has 0 spiro atoms. The van der Waals surface area contributed by atoms with Gasteiger partial charge in [0.2, 0.25) is 5.91 Å². The predicted octanol–water partition coefficient (Wildman–Crippen LogP) is 3.93. The van der Waals surface area contributed by atoms with Crippen LogP contribution in [0.4, 0.5) is 0 Å². The molecule has 0 bridgehead atoms. The SMILES string of the molecule is CC1CC(C)CN(C(C)(C)CNC(=O)C2CCCN2C(=O)c2ccc(Br)cc2)C1. The Hall–Kier alpha value is -1.40. The van der Waals surface area contributed by atoms with Crippen molar-refractivity contribution in [2.45, 2.75) is 58.5 Å². The second-order valence-corrected chi connectivity index (χ2v) is 10.5. The molecule has 2 aliphatic rings. The van der Waals surface area contributed by atoms with E-state index >= 15 is 0 Å². The van der Waals surface area contributed by atoms with E-state index in [1.54, 1.807) is 4.90 Å². The lowest BCUT2D eigenvalue weighted by molar-refractivity contribution is -0.125. The number of hydrogen-bond acceptors (Lipinski definition) is 3. The average molecular weight is 464 g/mol. The maximum absolute atomic E-state index is 13.0. The first-order valence-electron chi connectivity index (χ1n) is 10.8. The number of halogens is 1. The van der Waals surface area contributed by atoms with Crippen molar-refractivity contribution in [3.05, 3.63) is 34.3 Å². The third-order valence-corrected chi connectivity index (χ3v) is 6.86. The lowest BCUT2D eigenvalue weighted by Gasteiger charge is -2.45. The minimum absolute atomic E-state index is 0.0286. The van der Waals surface area contributed by atoms with Gasteiger partial charge in [-0.2, -0.15) is 0 Å². The van der Waals surface area contributed by atoms with Crippen molar-refractivity contribution in [2.75, 3.05) is 26.2 Å². The zero-order valence-corrected chi connectivity index (χ0v) is 19.7. The number of nitrogens with one attached hydrogen (secondary N) is 1. The second kappa shape index (κ2) is 9.17. The van der Waals surface area contributed by atoms with E-state index in [1.807, 2.05) is 24.3 Å². The van der Waals surface area contributed by atoms with Crippen molar-refractivity contribution in [2.24, 2.45) is 11.8 Å². The lowest BCUT2D eigenvalue weighted by atomic mass is 9.88. The molecule has 3 atom stereocenters. The Morgan fingerprint density at radius 3 is 2.38 bits per heavy atom. The van der Waals surface area contributed by atoms with Gasteiger partial charge in [0.1, 0.15) is 6.04 Å². The highest BCUT2D eigenvalue weighted by Crippen LogP contribution is 2.27. The molecule has 5 nitrogen and oxygen atoms in total. The van der Waals surface area contributed by atoms with Crippen LogP contribution in [-0.2, 0) is 4.79 Å². The van der Waals surface area contributed by atoms with Gasteiger partial charge in [0.05, 0.1) is 0 Å². The number of benzene rings is 1. The maximum Gasteiger partial charge on any atom is 0.254 e. The number of rotatable bonds is 5. The molecule has 2 fully saturated rings. The first-order chi connectivity index (χ1) is 13.7. The van der Waals surface area contributed by atoms with Crippen molar-refractivity contribution in [1.82, 2.24) is 15.1 Å². The van der Waals surface area contributed by atoms with Crippen LogP contribution in [0.2, 0.25) is 0 Å². The van der Waals surface area contributed by atoms with Gasteiger partial charge in [-0.1, -0.05) is 29.8 Å². The molecule has 2 amide bonds. The van der Waals surface area contributed by atoms with E-state index < -0.39 is 0 Å². The third-order valence-electron chi connectivity index (χ3n) is 6.33. The van der Waals surface area contributed by atoms with Crippen LogP contribution in [0.5, 0.6) is 0 Å². The van der Waals surface area contributed by atoms with E-state index in [0.717, 1.165) is 30.4 Å². The number of piperidine rings is 1. The number of carbonyl (C=O) groups is 2. The smallest absolute Gasteiger partial charge is 0.254 e. The fourth-order valence-corrected chi connectivity index (χ4v) is 5.00. The van der Waals surface area contributed by atoms with Crippen LogP contribution >= 0.6 is 15.9 Å². The molecule has 1 N–H and O–H groups in total. The molecule has 0 saturated carbocycles. The largest absolute Gasteiger partial charge is 0.352 e. The minimum Gasteiger partial charge on any atom is -0.352 e. The lowest BCUT2D eigenvalue weighted by Crippen LogP contribution is -2.57.